The number of hydrogen-bond donors (Lipinski definition) is 1. The van der Waals surface area contributed by atoms with Gasteiger partial charge in [0.15, 0.2) is 11.6 Å². The van der Waals surface area contributed by atoms with Gasteiger partial charge in [0.1, 0.15) is 0 Å². The van der Waals surface area contributed by atoms with Crippen LogP contribution in [0, 0.1) is 5.82 Å². The molecule has 0 saturated heterocycles. The van der Waals surface area contributed by atoms with Crippen LogP contribution >= 0.6 is 11.3 Å². The van der Waals surface area contributed by atoms with Crippen molar-refractivity contribution in [3.05, 3.63) is 52.0 Å². The number of benzene rings is 1. The first-order valence-corrected chi connectivity index (χ1v) is 6.67. The first-order chi connectivity index (χ1) is 8.69. The van der Waals surface area contributed by atoms with Crippen LogP contribution < -0.4 is 10.5 Å². The molecule has 2 aromatic rings. The molecule has 2 nitrogen and oxygen atoms in total. The maximum atomic E-state index is 13.5. The fraction of sp³-hybridized carbons (Fsp3) is 0.286. The number of ether oxygens (including phenoxy) is 1. The SMILES string of the molecule is COc1ccc(CC(N)Cc2cccs2)cc1F. The number of halogens is 1. The van der Waals surface area contributed by atoms with E-state index in [9.17, 15) is 4.39 Å². The molecule has 0 bridgehead atoms. The van der Waals surface area contributed by atoms with Crippen LogP contribution in [0.4, 0.5) is 4.39 Å². The molecule has 0 aliphatic carbocycles. The molecule has 0 spiro atoms. The van der Waals surface area contributed by atoms with E-state index >= 15 is 0 Å². The fourth-order valence-electron chi connectivity index (χ4n) is 1.90. The summed E-state index contributed by atoms with van der Waals surface area (Å²) in [5.41, 5.74) is 6.97. The highest BCUT2D eigenvalue weighted by Crippen LogP contribution is 2.19. The zero-order valence-electron chi connectivity index (χ0n) is 10.2. The number of methoxy groups -OCH3 is 1. The minimum absolute atomic E-state index is 0.0106. The van der Waals surface area contributed by atoms with Gasteiger partial charge < -0.3 is 10.5 Å². The van der Waals surface area contributed by atoms with E-state index in [2.05, 4.69) is 6.07 Å². The lowest BCUT2D eigenvalue weighted by molar-refractivity contribution is 0.386. The van der Waals surface area contributed by atoms with Crippen LogP contribution in [-0.2, 0) is 12.8 Å². The topological polar surface area (TPSA) is 35.2 Å². The molecule has 0 amide bonds. The molecule has 0 aliphatic rings. The van der Waals surface area contributed by atoms with Crippen molar-refractivity contribution in [1.82, 2.24) is 0 Å². The van der Waals surface area contributed by atoms with E-state index in [1.54, 1.807) is 17.4 Å². The van der Waals surface area contributed by atoms with Crippen LogP contribution in [0.1, 0.15) is 10.4 Å². The third kappa shape index (κ3) is 3.31. The molecule has 0 saturated carbocycles. The third-order valence-corrected chi connectivity index (χ3v) is 3.66. The molecule has 1 unspecified atom stereocenters. The van der Waals surface area contributed by atoms with E-state index in [0.29, 0.717) is 6.42 Å². The molecule has 0 aliphatic heterocycles. The van der Waals surface area contributed by atoms with Crippen molar-refractivity contribution in [1.29, 1.82) is 0 Å². The van der Waals surface area contributed by atoms with Gasteiger partial charge in [-0.25, -0.2) is 4.39 Å². The van der Waals surface area contributed by atoms with Crippen LogP contribution in [0.25, 0.3) is 0 Å². The Morgan fingerprint density at radius 3 is 2.78 bits per heavy atom. The number of hydrogen-bond acceptors (Lipinski definition) is 3. The van der Waals surface area contributed by atoms with Crippen LogP contribution in [0.2, 0.25) is 0 Å². The molecular weight excluding hydrogens is 249 g/mol. The predicted molar refractivity (Wildman–Crippen MR) is 72.7 cm³/mol. The summed E-state index contributed by atoms with van der Waals surface area (Å²) in [6.07, 6.45) is 1.49. The number of nitrogens with two attached hydrogens (primary N) is 1. The molecule has 96 valence electrons. The Balaban J connectivity index is 1.98. The monoisotopic (exact) mass is 265 g/mol. The molecule has 18 heavy (non-hydrogen) atoms. The van der Waals surface area contributed by atoms with E-state index in [1.807, 2.05) is 17.5 Å². The summed E-state index contributed by atoms with van der Waals surface area (Å²) in [6.45, 7) is 0. The molecule has 1 aromatic carbocycles. The average molecular weight is 265 g/mol. The Bertz CT molecular complexity index is 499. The molecular formula is C14H16FNOS. The number of thiophene rings is 1. The summed E-state index contributed by atoms with van der Waals surface area (Å²) >= 11 is 1.70. The molecule has 0 fully saturated rings. The summed E-state index contributed by atoms with van der Waals surface area (Å²) < 4.78 is 18.4. The zero-order chi connectivity index (χ0) is 13.0. The van der Waals surface area contributed by atoms with Crippen molar-refractivity contribution in [2.75, 3.05) is 7.11 Å². The van der Waals surface area contributed by atoms with Crippen LogP contribution in [-0.4, -0.2) is 13.2 Å². The summed E-state index contributed by atoms with van der Waals surface area (Å²) in [4.78, 5) is 1.26. The van der Waals surface area contributed by atoms with E-state index in [1.165, 1.54) is 18.1 Å². The summed E-state index contributed by atoms with van der Waals surface area (Å²) in [5.74, 6) is -0.0658. The highest BCUT2D eigenvalue weighted by molar-refractivity contribution is 7.09. The van der Waals surface area contributed by atoms with Crippen LogP contribution in [0.5, 0.6) is 5.75 Å². The smallest absolute Gasteiger partial charge is 0.165 e. The molecule has 1 heterocycles. The lowest BCUT2D eigenvalue weighted by Crippen LogP contribution is -2.25. The maximum absolute atomic E-state index is 13.5. The first kappa shape index (κ1) is 13.1. The second-order valence-corrected chi connectivity index (χ2v) is 5.25. The second-order valence-electron chi connectivity index (χ2n) is 4.22. The van der Waals surface area contributed by atoms with Gasteiger partial charge in [0, 0.05) is 10.9 Å². The van der Waals surface area contributed by atoms with Crippen molar-refractivity contribution in [2.24, 2.45) is 5.73 Å². The lowest BCUT2D eigenvalue weighted by atomic mass is 10.0. The Morgan fingerprint density at radius 1 is 1.33 bits per heavy atom. The van der Waals surface area contributed by atoms with Gasteiger partial charge in [0.25, 0.3) is 0 Å². The Morgan fingerprint density at radius 2 is 2.17 bits per heavy atom. The average Bonchev–Trinajstić information content (AvgIpc) is 2.82. The van der Waals surface area contributed by atoms with Gasteiger partial charge in [0.05, 0.1) is 7.11 Å². The van der Waals surface area contributed by atoms with Crippen LogP contribution in [0.3, 0.4) is 0 Å². The van der Waals surface area contributed by atoms with E-state index in [-0.39, 0.29) is 17.6 Å². The van der Waals surface area contributed by atoms with Crippen molar-refractivity contribution in [3.63, 3.8) is 0 Å². The van der Waals surface area contributed by atoms with Gasteiger partial charge in [0.2, 0.25) is 0 Å². The second kappa shape index (κ2) is 5.98. The van der Waals surface area contributed by atoms with E-state index in [4.69, 9.17) is 10.5 Å². The maximum Gasteiger partial charge on any atom is 0.165 e. The number of rotatable bonds is 5. The van der Waals surface area contributed by atoms with Gasteiger partial charge in [-0.2, -0.15) is 0 Å². The molecule has 0 radical (unpaired) electrons. The standard InChI is InChI=1S/C14H16FNOS/c1-17-14-5-4-10(8-13(14)15)7-11(16)9-12-3-2-6-18-12/h2-6,8,11H,7,9,16H2,1H3. The van der Waals surface area contributed by atoms with Gasteiger partial charge >= 0.3 is 0 Å². The van der Waals surface area contributed by atoms with E-state index in [0.717, 1.165) is 12.0 Å². The Labute approximate surface area is 110 Å². The normalized spacial score (nSPS) is 12.4. The molecule has 4 heteroatoms. The van der Waals surface area contributed by atoms with Crippen molar-refractivity contribution in [2.45, 2.75) is 18.9 Å². The highest BCUT2D eigenvalue weighted by atomic mass is 32.1. The summed E-state index contributed by atoms with van der Waals surface area (Å²) in [7, 11) is 1.46. The van der Waals surface area contributed by atoms with Crippen molar-refractivity contribution in [3.8, 4) is 5.75 Å². The predicted octanol–water partition coefficient (Wildman–Crippen LogP) is 3.01. The highest BCUT2D eigenvalue weighted by Gasteiger charge is 2.09. The van der Waals surface area contributed by atoms with E-state index < -0.39 is 0 Å². The third-order valence-electron chi connectivity index (χ3n) is 2.76. The van der Waals surface area contributed by atoms with Crippen LogP contribution in [0.15, 0.2) is 35.7 Å². The molecule has 1 atom stereocenters. The van der Waals surface area contributed by atoms with Crippen molar-refractivity contribution >= 4 is 11.3 Å². The van der Waals surface area contributed by atoms with Gasteiger partial charge in [-0.15, -0.1) is 11.3 Å². The minimum atomic E-state index is -0.335. The molecule has 2 rings (SSSR count). The fourth-order valence-corrected chi connectivity index (χ4v) is 2.70. The molecule has 1 aromatic heterocycles. The first-order valence-electron chi connectivity index (χ1n) is 5.79. The lowest BCUT2D eigenvalue weighted by Gasteiger charge is -2.11. The quantitative estimate of drug-likeness (QED) is 0.902. The Hall–Kier alpha value is -1.39. The van der Waals surface area contributed by atoms with Crippen molar-refractivity contribution < 1.29 is 9.13 Å². The largest absolute Gasteiger partial charge is 0.494 e. The van der Waals surface area contributed by atoms with Gasteiger partial charge in [-0.1, -0.05) is 12.1 Å². The summed E-state index contributed by atoms with van der Waals surface area (Å²) in [6, 6.07) is 9.08. The minimum Gasteiger partial charge on any atom is -0.494 e. The molecule has 2 N–H and O–H groups in total. The van der Waals surface area contributed by atoms with Gasteiger partial charge in [-0.3, -0.25) is 0 Å². The summed E-state index contributed by atoms with van der Waals surface area (Å²) in [5, 5.41) is 2.04. The Kier molecular flexibility index (Phi) is 4.33. The van der Waals surface area contributed by atoms with Gasteiger partial charge in [-0.05, 0) is 42.0 Å². The zero-order valence-corrected chi connectivity index (χ0v) is 11.0.